The molecular formula is C16H19N5OS. The highest BCUT2D eigenvalue weighted by Crippen LogP contribution is 2.23. The van der Waals surface area contributed by atoms with E-state index in [1.54, 1.807) is 6.20 Å². The van der Waals surface area contributed by atoms with Crippen LogP contribution in [-0.4, -0.2) is 68.2 Å². The zero-order valence-corrected chi connectivity index (χ0v) is 13.9. The third kappa shape index (κ3) is 2.81. The Morgan fingerprint density at radius 1 is 1.26 bits per heavy atom. The van der Waals surface area contributed by atoms with E-state index in [4.69, 9.17) is 0 Å². The molecule has 1 fully saturated rings. The number of imidazole rings is 1. The van der Waals surface area contributed by atoms with Crippen LogP contribution in [0.4, 0.5) is 0 Å². The number of amides is 1. The lowest BCUT2D eigenvalue weighted by Gasteiger charge is -2.35. The molecule has 6 nitrogen and oxygen atoms in total. The number of fused-ring (bicyclic) bond motifs is 1. The summed E-state index contributed by atoms with van der Waals surface area (Å²) in [5.41, 5.74) is 1.57. The van der Waals surface area contributed by atoms with Crippen molar-refractivity contribution in [3.63, 3.8) is 0 Å². The fourth-order valence-electron chi connectivity index (χ4n) is 2.97. The van der Waals surface area contributed by atoms with Gasteiger partial charge in [-0.3, -0.25) is 9.79 Å². The van der Waals surface area contributed by atoms with Crippen LogP contribution < -0.4 is 0 Å². The number of aromatic nitrogens is 2. The summed E-state index contributed by atoms with van der Waals surface area (Å²) in [6, 6.07) is 3.74. The molecule has 0 N–H and O–H groups in total. The molecule has 0 saturated carbocycles. The predicted octanol–water partition coefficient (Wildman–Crippen LogP) is 1.58. The topological polar surface area (TPSA) is 53.2 Å². The minimum absolute atomic E-state index is 0.0923. The second-order valence-electron chi connectivity index (χ2n) is 5.94. The van der Waals surface area contributed by atoms with Gasteiger partial charge >= 0.3 is 0 Å². The Morgan fingerprint density at radius 3 is 2.83 bits per heavy atom. The maximum Gasteiger partial charge on any atom is 0.255 e. The van der Waals surface area contributed by atoms with Gasteiger partial charge in [0.1, 0.15) is 5.65 Å². The van der Waals surface area contributed by atoms with Gasteiger partial charge in [0.25, 0.3) is 5.91 Å². The van der Waals surface area contributed by atoms with Gasteiger partial charge in [-0.25, -0.2) is 4.98 Å². The Kier molecular flexibility index (Phi) is 3.72. The lowest BCUT2D eigenvalue weighted by atomic mass is 10.2. The van der Waals surface area contributed by atoms with Gasteiger partial charge in [-0.05, 0) is 12.1 Å². The summed E-state index contributed by atoms with van der Waals surface area (Å²) in [4.78, 5) is 25.7. The van der Waals surface area contributed by atoms with E-state index in [9.17, 15) is 4.79 Å². The number of piperazine rings is 1. The number of pyridine rings is 1. The number of amidine groups is 1. The molecule has 23 heavy (non-hydrogen) atoms. The predicted molar refractivity (Wildman–Crippen MR) is 92.0 cm³/mol. The lowest BCUT2D eigenvalue weighted by Crippen LogP contribution is -2.49. The molecule has 0 aromatic carbocycles. The summed E-state index contributed by atoms with van der Waals surface area (Å²) in [6.07, 6.45) is 5.46. The van der Waals surface area contributed by atoms with Crippen LogP contribution in [0.2, 0.25) is 0 Å². The first-order valence-corrected chi connectivity index (χ1v) is 8.77. The highest BCUT2D eigenvalue weighted by molar-refractivity contribution is 8.14. The molecule has 1 saturated heterocycles. The smallest absolute Gasteiger partial charge is 0.255 e. The molecule has 1 unspecified atom stereocenters. The monoisotopic (exact) mass is 329 g/mol. The molecule has 0 aliphatic carbocycles. The highest BCUT2D eigenvalue weighted by Gasteiger charge is 2.27. The Balaban J connectivity index is 1.42. The van der Waals surface area contributed by atoms with E-state index in [0.29, 0.717) is 10.8 Å². The van der Waals surface area contributed by atoms with E-state index >= 15 is 0 Å². The number of hydrogen-bond donors (Lipinski definition) is 0. The summed E-state index contributed by atoms with van der Waals surface area (Å²) in [6.45, 7) is 6.32. The maximum absolute atomic E-state index is 12.7. The van der Waals surface area contributed by atoms with Gasteiger partial charge in [-0.2, -0.15) is 0 Å². The summed E-state index contributed by atoms with van der Waals surface area (Å²) >= 11 is 1.84. The van der Waals surface area contributed by atoms with Crippen molar-refractivity contribution >= 4 is 28.5 Å². The number of hydrogen-bond acceptors (Lipinski definition) is 5. The molecule has 120 valence electrons. The number of carbonyl (C=O) groups is 1. The Labute approximate surface area is 139 Å². The normalized spacial score (nSPS) is 21.8. The van der Waals surface area contributed by atoms with Gasteiger partial charge in [0.2, 0.25) is 0 Å². The summed E-state index contributed by atoms with van der Waals surface area (Å²) in [5, 5.41) is 1.72. The molecule has 2 aliphatic rings. The number of rotatable bonds is 1. The van der Waals surface area contributed by atoms with E-state index in [1.165, 1.54) is 0 Å². The quantitative estimate of drug-likeness (QED) is 0.797. The zero-order chi connectivity index (χ0) is 15.8. The molecule has 2 aromatic rings. The molecule has 1 atom stereocenters. The highest BCUT2D eigenvalue weighted by atomic mass is 32.2. The minimum Gasteiger partial charge on any atom is -0.348 e. The SMILES string of the molecule is CC1CN=C(N2CCN(C(=O)c3ccc4nccn4c3)CC2)S1. The van der Waals surface area contributed by atoms with Crippen molar-refractivity contribution in [1.29, 1.82) is 0 Å². The van der Waals surface area contributed by atoms with Crippen molar-refractivity contribution in [2.45, 2.75) is 12.2 Å². The van der Waals surface area contributed by atoms with Gasteiger partial charge in [0.05, 0.1) is 12.1 Å². The number of nitrogens with zero attached hydrogens (tertiary/aromatic N) is 5. The molecular weight excluding hydrogens is 310 g/mol. The van der Waals surface area contributed by atoms with Crippen LogP contribution in [0.1, 0.15) is 17.3 Å². The zero-order valence-electron chi connectivity index (χ0n) is 13.1. The minimum atomic E-state index is 0.0923. The Hall–Kier alpha value is -2.02. The van der Waals surface area contributed by atoms with Crippen molar-refractivity contribution in [3.8, 4) is 0 Å². The third-order valence-corrected chi connectivity index (χ3v) is 5.41. The van der Waals surface area contributed by atoms with Crippen LogP contribution in [0.5, 0.6) is 0 Å². The maximum atomic E-state index is 12.7. The van der Waals surface area contributed by atoms with Crippen LogP contribution in [0.3, 0.4) is 0 Å². The van der Waals surface area contributed by atoms with Gasteiger partial charge in [-0.15, -0.1) is 0 Å². The van der Waals surface area contributed by atoms with Crippen molar-refractivity contribution in [1.82, 2.24) is 19.2 Å². The average Bonchev–Trinajstić information content (AvgIpc) is 3.22. The van der Waals surface area contributed by atoms with Gasteiger partial charge in [-0.1, -0.05) is 18.7 Å². The second-order valence-corrected chi connectivity index (χ2v) is 7.35. The van der Waals surface area contributed by atoms with E-state index in [0.717, 1.165) is 43.5 Å². The second kappa shape index (κ2) is 5.88. The van der Waals surface area contributed by atoms with Crippen LogP contribution in [0, 0.1) is 0 Å². The molecule has 0 spiro atoms. The molecule has 4 rings (SSSR count). The van der Waals surface area contributed by atoms with Gasteiger partial charge in [0, 0.05) is 50.0 Å². The van der Waals surface area contributed by atoms with Gasteiger partial charge in [0.15, 0.2) is 5.17 Å². The largest absolute Gasteiger partial charge is 0.348 e. The fraction of sp³-hybridized carbons (Fsp3) is 0.438. The average molecular weight is 329 g/mol. The summed E-state index contributed by atoms with van der Waals surface area (Å²) in [5.74, 6) is 0.0923. The Bertz CT molecular complexity index is 763. The molecule has 2 aromatic heterocycles. The van der Waals surface area contributed by atoms with E-state index in [2.05, 4.69) is 21.8 Å². The van der Waals surface area contributed by atoms with E-state index in [1.807, 2.05) is 45.6 Å². The first-order valence-electron chi connectivity index (χ1n) is 7.89. The van der Waals surface area contributed by atoms with Crippen molar-refractivity contribution in [2.75, 3.05) is 32.7 Å². The summed E-state index contributed by atoms with van der Waals surface area (Å²) in [7, 11) is 0. The molecule has 7 heteroatoms. The van der Waals surface area contributed by atoms with E-state index in [-0.39, 0.29) is 5.91 Å². The number of aliphatic imine (C=N–C) groups is 1. The molecule has 0 bridgehead atoms. The van der Waals surface area contributed by atoms with Crippen molar-refractivity contribution < 1.29 is 4.79 Å². The van der Waals surface area contributed by atoms with Crippen LogP contribution in [0.15, 0.2) is 35.7 Å². The molecule has 2 aliphatic heterocycles. The third-order valence-electron chi connectivity index (χ3n) is 4.26. The first-order chi connectivity index (χ1) is 11.2. The molecule has 0 radical (unpaired) electrons. The fourth-order valence-corrected chi connectivity index (χ4v) is 3.96. The number of thioether (sulfide) groups is 1. The first kappa shape index (κ1) is 14.6. The van der Waals surface area contributed by atoms with Crippen molar-refractivity contribution in [2.24, 2.45) is 4.99 Å². The lowest BCUT2D eigenvalue weighted by molar-refractivity contribution is 0.0693. The van der Waals surface area contributed by atoms with Gasteiger partial charge < -0.3 is 14.2 Å². The Morgan fingerprint density at radius 2 is 2.09 bits per heavy atom. The van der Waals surface area contributed by atoms with E-state index < -0.39 is 0 Å². The summed E-state index contributed by atoms with van der Waals surface area (Å²) < 4.78 is 1.88. The standard InChI is InChI=1S/C16H19N5OS/c1-12-10-18-16(23-12)20-8-6-19(7-9-20)15(22)13-2-3-14-17-4-5-21(14)11-13/h2-5,11-12H,6-10H2,1H3. The molecule has 1 amide bonds. The van der Waals surface area contributed by atoms with Crippen LogP contribution >= 0.6 is 11.8 Å². The molecule has 4 heterocycles. The van der Waals surface area contributed by atoms with Crippen LogP contribution in [0.25, 0.3) is 5.65 Å². The van der Waals surface area contributed by atoms with Crippen LogP contribution in [-0.2, 0) is 0 Å². The number of carbonyl (C=O) groups excluding carboxylic acids is 1. The van der Waals surface area contributed by atoms with Crippen molar-refractivity contribution in [3.05, 3.63) is 36.3 Å².